The number of unbranched alkanes of at least 4 members (excludes halogenated alkanes) is 14. The number of rotatable bonds is 56. The number of ketones is 1. The molecule has 0 aliphatic carbocycles. The van der Waals surface area contributed by atoms with Gasteiger partial charge in [-0.1, -0.05) is 276 Å². The van der Waals surface area contributed by atoms with Crippen molar-refractivity contribution in [3.05, 3.63) is 265 Å². The number of carboxylic acids is 2. The third-order valence-electron chi connectivity index (χ3n) is 25.1. The van der Waals surface area contributed by atoms with Gasteiger partial charge in [0.05, 0.1) is 59.7 Å². The number of hydrogen-bond acceptors (Lipinski definition) is 23. The first-order valence-electron chi connectivity index (χ1n) is 52.2. The van der Waals surface area contributed by atoms with E-state index < -0.39 is 72.9 Å². The highest BCUT2D eigenvalue weighted by Crippen LogP contribution is 2.36. The number of aliphatic hydroxyl groups excluding tert-OH is 3. The molecule has 149 heavy (non-hydrogen) atoms. The molecule has 5 atom stereocenters. The first kappa shape index (κ1) is 118. The molecule has 12 aromatic rings. The second-order valence-corrected chi connectivity index (χ2v) is 43.9. The smallest absolute Gasteiger partial charge is 0.310 e. The minimum Gasteiger partial charge on any atom is -0.494 e. The maximum absolute atomic E-state index is 13.4. The summed E-state index contributed by atoms with van der Waals surface area (Å²) in [5.41, 5.74) is 10.4. The molecule has 794 valence electrons. The normalized spacial score (nSPS) is 12.4. The van der Waals surface area contributed by atoms with Crippen LogP contribution in [0.15, 0.2) is 219 Å². The molecule has 0 fully saturated rings. The number of nitrogens with zero attached hydrogens (tertiary/aromatic N) is 6. The van der Waals surface area contributed by atoms with Gasteiger partial charge >= 0.3 is 11.9 Å². The van der Waals surface area contributed by atoms with Crippen LogP contribution >= 0.6 is 34.0 Å². The van der Waals surface area contributed by atoms with Crippen molar-refractivity contribution in [3.8, 4) is 84.8 Å². The third kappa shape index (κ3) is 39.7. The maximum Gasteiger partial charge on any atom is 0.310 e. The first-order chi connectivity index (χ1) is 71.6. The van der Waals surface area contributed by atoms with Crippen LogP contribution in [0, 0.1) is 11.8 Å². The topological polar surface area (TPSA) is 403 Å². The molecule has 10 N–H and O–H groups in total. The Hall–Kier alpha value is -13.1. The van der Waals surface area contributed by atoms with E-state index in [0.717, 1.165) is 131 Å². The highest BCUT2D eigenvalue weighted by atomic mass is 32.1. The lowest BCUT2D eigenvalue weighted by Gasteiger charge is -2.20. The molecule has 0 aliphatic heterocycles. The standard InChI is InChI=1S/C42H53N3O5S.C39H48N4O6S.C38H48N4O5S/c1-5-6-7-8-12-25-50-35-20-18-31(19-21-35)34-28-44-40(45-29-34)32-16-14-30(15-17-32)26-33(41(49)43-24-11-9-10-13-39(47)48)27-36(46)37-22-23-38(51-37)42(2,3)4;1-5-6-7-8-9-20-49-31-16-14-27(15-17-31)29-22-40-35(41-23-29)28-12-10-26(11-13-28)21-32(36(45)42-24-30(25-44)38(47)48)43-37(46)33-18-19-34(50-33)39(2,3)4;1-5-6-7-8-9-20-47-31-16-14-27(15-17-31)29-22-39-35(40-23-29)28-12-10-26(11-13-28)21-32(36(45)41-24-30(44)25-43)42-37(46)33-18-19-34(48-33)38(2,3)4/h14-23,28-29,33H,5-13,24-27H2,1-4H3,(H,43,49)(H,47,48);10-19,22-23,30,32,44H,5-9,20-21,24-25H2,1-4H3,(H,42,45)(H,43,46)(H,47,48);10-19,22-23,30,32,43-44H,5-9,20-21,24-25H2,1-4H3,(H,41,45)(H,42,46)/t;30-,32-;30?,32-/m.00/s1. The number of carbonyl (C=O) groups is 8. The van der Waals surface area contributed by atoms with Gasteiger partial charge in [0.1, 0.15) is 29.3 Å². The van der Waals surface area contributed by atoms with Crippen molar-refractivity contribution in [2.75, 3.05) is 52.7 Å². The molecular formula is C119H149N11O16S3. The molecule has 27 nitrogen and oxygen atoms in total. The van der Waals surface area contributed by atoms with Crippen LogP contribution in [0.2, 0.25) is 0 Å². The third-order valence-corrected chi connectivity index (χ3v) is 29.6. The summed E-state index contributed by atoms with van der Waals surface area (Å²) in [5.74, 6) is -1.39. The van der Waals surface area contributed by atoms with Crippen LogP contribution in [0.25, 0.3) is 67.5 Å². The molecule has 12 rings (SSSR count). The number of thiophene rings is 3. The molecule has 30 heteroatoms. The van der Waals surface area contributed by atoms with Crippen LogP contribution < -0.4 is 40.8 Å². The largest absolute Gasteiger partial charge is 0.494 e. The van der Waals surface area contributed by atoms with Crippen LogP contribution in [0.5, 0.6) is 17.2 Å². The second-order valence-electron chi connectivity index (χ2n) is 40.6. The summed E-state index contributed by atoms with van der Waals surface area (Å²) in [6, 6.07) is 56.0. The molecular weight excluding hydrogens is 1940 g/mol. The molecule has 6 aromatic carbocycles. The van der Waals surface area contributed by atoms with Crippen molar-refractivity contribution >= 4 is 81.3 Å². The Morgan fingerprint density at radius 2 is 0.658 bits per heavy atom. The Labute approximate surface area is 889 Å². The van der Waals surface area contributed by atoms with E-state index in [1.165, 1.54) is 111 Å². The fourth-order valence-electron chi connectivity index (χ4n) is 15.9. The summed E-state index contributed by atoms with van der Waals surface area (Å²) in [4.78, 5) is 134. The van der Waals surface area contributed by atoms with Gasteiger partial charge in [0, 0.05) is 136 Å². The predicted octanol–water partition coefficient (Wildman–Crippen LogP) is 22.7. The zero-order valence-corrected chi connectivity index (χ0v) is 90.7. The van der Waals surface area contributed by atoms with E-state index >= 15 is 0 Å². The Kier molecular flexibility index (Phi) is 47.8. The van der Waals surface area contributed by atoms with Crippen molar-refractivity contribution in [1.82, 2.24) is 56.5 Å². The van der Waals surface area contributed by atoms with Crippen LogP contribution in [0.3, 0.4) is 0 Å². The summed E-state index contributed by atoms with van der Waals surface area (Å²) in [6.45, 7) is 26.5. The average Bonchev–Trinajstić information content (AvgIpc) is 1.74. The van der Waals surface area contributed by atoms with Gasteiger partial charge in [0.15, 0.2) is 23.3 Å². The van der Waals surface area contributed by atoms with Crippen molar-refractivity contribution < 1.29 is 78.1 Å². The molecule has 0 saturated carbocycles. The second kappa shape index (κ2) is 60.5. The van der Waals surface area contributed by atoms with Crippen LogP contribution in [-0.2, 0) is 59.5 Å². The number of nitrogens with one attached hydrogen (secondary N) is 5. The lowest BCUT2D eigenvalue weighted by atomic mass is 9.92. The number of benzene rings is 6. The molecule has 0 aliphatic rings. The molecule has 0 radical (unpaired) electrons. The SMILES string of the molecule is CCCCCCCOc1ccc(-c2cnc(-c3ccc(CC(CC(=O)c4ccc(C(C)(C)C)s4)C(=O)NCCCCCC(=O)O)cc3)nc2)cc1.CCCCCCCOc1ccc(-c2cnc(-c3ccc(C[C@H](NC(=O)c4ccc(C(C)(C)C)s4)C(=O)NCC(O)CO)cc3)nc2)cc1.CCCCCCCOc1ccc(-c2cnc(-c3ccc(C[C@H](NC(=O)c4ccc(C(C)(C)C)s4)C(=O)NC[C@@H](CO)C(=O)O)cc3)nc2)cc1. The van der Waals surface area contributed by atoms with Crippen LogP contribution in [0.4, 0.5) is 0 Å². The van der Waals surface area contributed by atoms with E-state index in [1.54, 1.807) is 36.9 Å². The quantitative estimate of drug-likeness (QED) is 0.0125. The molecule has 0 spiro atoms. The average molecular weight is 2090 g/mol. The van der Waals surface area contributed by atoms with Crippen LogP contribution in [-0.4, -0.2) is 174 Å². The number of aliphatic carboxylic acids is 2. The van der Waals surface area contributed by atoms with E-state index in [4.69, 9.17) is 24.4 Å². The maximum atomic E-state index is 13.4. The monoisotopic (exact) mass is 2080 g/mol. The highest BCUT2D eigenvalue weighted by Gasteiger charge is 2.31. The van der Waals surface area contributed by atoms with Crippen molar-refractivity contribution in [1.29, 1.82) is 0 Å². The van der Waals surface area contributed by atoms with Gasteiger partial charge in [-0.15, -0.1) is 34.0 Å². The Bertz CT molecular complexity index is 6120. The Morgan fingerprint density at radius 1 is 0.336 bits per heavy atom. The summed E-state index contributed by atoms with van der Waals surface area (Å²) < 4.78 is 17.7. The van der Waals surface area contributed by atoms with Crippen molar-refractivity contribution in [2.24, 2.45) is 11.8 Å². The number of Topliss-reactive ketones (excluding diaryl/α,β-unsaturated/α-hetero) is 1. The van der Waals surface area contributed by atoms with E-state index in [2.05, 4.69) is 140 Å². The van der Waals surface area contributed by atoms with Gasteiger partial charge < -0.3 is 66.3 Å². The Morgan fingerprint density at radius 3 is 0.980 bits per heavy atom. The summed E-state index contributed by atoms with van der Waals surface area (Å²) in [6.07, 6.45) is 30.8. The van der Waals surface area contributed by atoms with Crippen LogP contribution in [0.1, 0.15) is 272 Å². The predicted molar refractivity (Wildman–Crippen MR) is 593 cm³/mol. The van der Waals surface area contributed by atoms with E-state index in [-0.39, 0.29) is 72.6 Å². The van der Waals surface area contributed by atoms with Gasteiger partial charge in [0.2, 0.25) is 17.7 Å². The molecule has 6 heterocycles. The van der Waals surface area contributed by atoms with E-state index in [9.17, 15) is 53.7 Å². The van der Waals surface area contributed by atoms with Gasteiger partial charge in [0.25, 0.3) is 11.8 Å². The fraction of sp³-hybridized carbons (Fsp3) is 0.429. The minimum absolute atomic E-state index is 0.0396. The number of aliphatic hydroxyl groups is 3. The number of amides is 5. The number of carbonyl (C=O) groups excluding carboxylic acids is 6. The highest BCUT2D eigenvalue weighted by molar-refractivity contribution is 7.15. The van der Waals surface area contributed by atoms with Gasteiger partial charge in [-0.05, 0) is 161 Å². The summed E-state index contributed by atoms with van der Waals surface area (Å²) in [5, 5.41) is 60.3. The first-order valence-corrected chi connectivity index (χ1v) is 54.6. The summed E-state index contributed by atoms with van der Waals surface area (Å²) >= 11 is 4.26. The van der Waals surface area contributed by atoms with E-state index in [1.807, 2.05) is 182 Å². The lowest BCUT2D eigenvalue weighted by Crippen LogP contribution is -2.49. The number of hydrogen-bond donors (Lipinski definition) is 10. The lowest BCUT2D eigenvalue weighted by molar-refractivity contribution is -0.143. The number of aromatic nitrogens is 6. The van der Waals surface area contributed by atoms with Crippen molar-refractivity contribution in [2.45, 2.75) is 265 Å². The van der Waals surface area contributed by atoms with E-state index in [0.29, 0.717) is 70.9 Å². The number of carboxylic acid groups (broad SMARTS) is 2. The Balaban J connectivity index is 0.000000229. The van der Waals surface area contributed by atoms with Gasteiger partial charge in [-0.3, -0.25) is 38.4 Å². The molecule has 6 aromatic heterocycles. The summed E-state index contributed by atoms with van der Waals surface area (Å²) in [7, 11) is 0. The van der Waals surface area contributed by atoms with Gasteiger partial charge in [-0.25, -0.2) is 29.9 Å². The molecule has 5 amide bonds. The molecule has 2 unspecified atom stereocenters. The van der Waals surface area contributed by atoms with Crippen molar-refractivity contribution in [3.63, 3.8) is 0 Å². The zero-order chi connectivity index (χ0) is 107. The molecule has 0 bridgehead atoms. The fourth-order valence-corrected chi connectivity index (χ4v) is 18.9. The zero-order valence-electron chi connectivity index (χ0n) is 88.2. The molecule has 0 saturated heterocycles. The van der Waals surface area contributed by atoms with Gasteiger partial charge in [-0.2, -0.15) is 0 Å². The number of ether oxygens (including phenoxy) is 3. The minimum atomic E-state index is -1.22.